The number of carboxylic acids is 1. The van der Waals surface area contributed by atoms with E-state index in [9.17, 15) is 20.0 Å². The first kappa shape index (κ1) is 15.2. The highest BCUT2D eigenvalue weighted by atomic mass is 16.6. The maximum atomic E-state index is 11.4. The number of nitro groups is 1. The molecule has 2 N–H and O–H groups in total. The molecule has 1 atom stereocenters. The summed E-state index contributed by atoms with van der Waals surface area (Å²) >= 11 is 0. The van der Waals surface area contributed by atoms with E-state index in [1.165, 1.54) is 12.1 Å². The third-order valence-corrected chi connectivity index (χ3v) is 3.80. The molecule has 1 heterocycles. The number of aliphatic hydroxyl groups is 1. The Morgan fingerprint density at radius 1 is 1.48 bits per heavy atom. The van der Waals surface area contributed by atoms with E-state index in [2.05, 4.69) is 0 Å². The minimum Gasteiger partial charge on any atom is -0.478 e. The van der Waals surface area contributed by atoms with E-state index in [4.69, 9.17) is 5.11 Å². The van der Waals surface area contributed by atoms with Crippen molar-refractivity contribution in [3.8, 4) is 0 Å². The summed E-state index contributed by atoms with van der Waals surface area (Å²) in [6, 6.07) is 4.14. The fourth-order valence-corrected chi connectivity index (χ4v) is 2.84. The quantitative estimate of drug-likeness (QED) is 0.614. The molecule has 0 radical (unpaired) electrons. The van der Waals surface area contributed by atoms with Gasteiger partial charge in [0.25, 0.3) is 5.69 Å². The highest BCUT2D eigenvalue weighted by molar-refractivity contribution is 5.95. The predicted molar refractivity (Wildman–Crippen MR) is 76.7 cm³/mol. The molecule has 0 spiro atoms. The smallest absolute Gasteiger partial charge is 0.338 e. The lowest BCUT2D eigenvalue weighted by Crippen LogP contribution is -2.30. The largest absolute Gasteiger partial charge is 0.478 e. The van der Waals surface area contributed by atoms with Gasteiger partial charge in [-0.15, -0.1) is 0 Å². The third kappa shape index (κ3) is 3.30. The summed E-state index contributed by atoms with van der Waals surface area (Å²) in [5.41, 5.74) is 0.260. The zero-order chi connectivity index (χ0) is 15.4. The monoisotopic (exact) mass is 294 g/mol. The zero-order valence-electron chi connectivity index (χ0n) is 11.6. The van der Waals surface area contributed by atoms with E-state index in [-0.39, 0.29) is 23.9 Å². The van der Waals surface area contributed by atoms with Crippen LogP contribution < -0.4 is 4.90 Å². The van der Waals surface area contributed by atoms with Gasteiger partial charge in [-0.3, -0.25) is 10.1 Å². The number of aromatic carboxylic acids is 1. The number of hydrogen-bond donors (Lipinski definition) is 2. The van der Waals surface area contributed by atoms with Crippen LogP contribution in [0.15, 0.2) is 18.2 Å². The Morgan fingerprint density at radius 3 is 2.86 bits per heavy atom. The van der Waals surface area contributed by atoms with Crippen molar-refractivity contribution in [2.75, 3.05) is 18.1 Å². The van der Waals surface area contributed by atoms with Crippen LogP contribution in [0.1, 0.15) is 36.0 Å². The molecule has 1 aromatic rings. The van der Waals surface area contributed by atoms with Gasteiger partial charge in [0.1, 0.15) is 0 Å². The minimum absolute atomic E-state index is 0.0416. The molecule has 0 saturated carbocycles. The van der Waals surface area contributed by atoms with Crippen molar-refractivity contribution in [1.82, 2.24) is 0 Å². The Labute approximate surface area is 122 Å². The molecule has 1 fully saturated rings. The molecule has 2 rings (SSSR count). The van der Waals surface area contributed by atoms with Crippen LogP contribution in [-0.4, -0.2) is 40.3 Å². The number of nitrogens with zero attached hydrogens (tertiary/aromatic N) is 2. The summed E-state index contributed by atoms with van der Waals surface area (Å²) < 4.78 is 0. The van der Waals surface area contributed by atoms with Crippen LogP contribution in [0.5, 0.6) is 0 Å². The molecule has 21 heavy (non-hydrogen) atoms. The molecule has 1 aliphatic heterocycles. The number of rotatable bonds is 6. The summed E-state index contributed by atoms with van der Waals surface area (Å²) in [7, 11) is 0. The van der Waals surface area contributed by atoms with Crippen molar-refractivity contribution in [1.29, 1.82) is 0 Å². The highest BCUT2D eigenvalue weighted by Gasteiger charge is 2.28. The maximum Gasteiger partial charge on any atom is 0.338 e. The first-order chi connectivity index (χ1) is 10.0. The number of carbonyl (C=O) groups is 1. The molecule has 1 unspecified atom stereocenters. The molecule has 114 valence electrons. The van der Waals surface area contributed by atoms with Crippen molar-refractivity contribution < 1.29 is 19.9 Å². The minimum atomic E-state index is -1.17. The van der Waals surface area contributed by atoms with Crippen molar-refractivity contribution in [2.45, 2.75) is 31.7 Å². The Balaban J connectivity index is 2.33. The Morgan fingerprint density at radius 2 is 2.24 bits per heavy atom. The lowest BCUT2D eigenvalue weighted by molar-refractivity contribution is -0.384. The van der Waals surface area contributed by atoms with Gasteiger partial charge in [-0.25, -0.2) is 4.79 Å². The second-order valence-corrected chi connectivity index (χ2v) is 5.12. The molecule has 7 heteroatoms. The number of aliphatic hydroxyl groups excluding tert-OH is 1. The average Bonchev–Trinajstić information content (AvgIpc) is 2.92. The molecule has 0 amide bonds. The summed E-state index contributed by atoms with van der Waals surface area (Å²) in [6.45, 7) is 0.838. The lowest BCUT2D eigenvalue weighted by atomic mass is 10.1. The number of anilines is 1. The Bertz CT molecular complexity index is 546. The molecule has 0 bridgehead atoms. The van der Waals surface area contributed by atoms with Crippen LogP contribution >= 0.6 is 0 Å². The fourth-order valence-electron chi connectivity index (χ4n) is 2.84. The summed E-state index contributed by atoms with van der Waals surface area (Å²) in [5.74, 6) is -1.17. The number of benzene rings is 1. The Hall–Kier alpha value is -2.15. The van der Waals surface area contributed by atoms with Gasteiger partial charge in [0.15, 0.2) is 0 Å². The van der Waals surface area contributed by atoms with Gasteiger partial charge in [-0.2, -0.15) is 0 Å². The van der Waals surface area contributed by atoms with E-state index in [0.29, 0.717) is 12.1 Å². The van der Waals surface area contributed by atoms with E-state index in [1.807, 2.05) is 4.90 Å². The van der Waals surface area contributed by atoms with Gasteiger partial charge >= 0.3 is 5.97 Å². The van der Waals surface area contributed by atoms with E-state index < -0.39 is 10.9 Å². The number of hydrogen-bond acceptors (Lipinski definition) is 5. The molecule has 1 aliphatic rings. The van der Waals surface area contributed by atoms with Crippen LogP contribution in [0, 0.1) is 10.1 Å². The van der Waals surface area contributed by atoms with Crippen LogP contribution in [-0.2, 0) is 0 Å². The van der Waals surface area contributed by atoms with Gasteiger partial charge in [-0.05, 0) is 31.7 Å². The number of non-ortho nitro benzene ring substituents is 1. The van der Waals surface area contributed by atoms with Gasteiger partial charge in [0.05, 0.1) is 16.2 Å². The van der Waals surface area contributed by atoms with Gasteiger partial charge in [0, 0.05) is 31.3 Å². The van der Waals surface area contributed by atoms with Crippen molar-refractivity contribution in [3.05, 3.63) is 33.9 Å². The van der Waals surface area contributed by atoms with Crippen LogP contribution in [0.25, 0.3) is 0 Å². The predicted octanol–water partition coefficient (Wildman–Crippen LogP) is 2.03. The van der Waals surface area contributed by atoms with Gasteiger partial charge < -0.3 is 15.1 Å². The first-order valence-electron chi connectivity index (χ1n) is 6.94. The molecular formula is C14H18N2O5. The van der Waals surface area contributed by atoms with Crippen molar-refractivity contribution >= 4 is 17.3 Å². The van der Waals surface area contributed by atoms with Crippen LogP contribution in [0.2, 0.25) is 0 Å². The number of nitro benzene ring substituents is 1. The summed E-state index contributed by atoms with van der Waals surface area (Å²) in [5, 5.41) is 29.0. The fraction of sp³-hybridized carbons (Fsp3) is 0.500. The summed E-state index contributed by atoms with van der Waals surface area (Å²) in [6.07, 6.45) is 3.34. The Kier molecular flexibility index (Phi) is 4.74. The molecular weight excluding hydrogens is 276 g/mol. The molecule has 1 aromatic carbocycles. The molecule has 0 aliphatic carbocycles. The molecule has 1 saturated heterocycles. The topological polar surface area (TPSA) is 104 Å². The van der Waals surface area contributed by atoms with Crippen LogP contribution in [0.4, 0.5) is 11.4 Å². The lowest BCUT2D eigenvalue weighted by Gasteiger charge is -2.28. The second kappa shape index (κ2) is 6.53. The van der Waals surface area contributed by atoms with E-state index in [0.717, 1.165) is 31.9 Å². The van der Waals surface area contributed by atoms with Crippen molar-refractivity contribution in [3.63, 3.8) is 0 Å². The first-order valence-corrected chi connectivity index (χ1v) is 6.94. The highest BCUT2D eigenvalue weighted by Crippen LogP contribution is 2.32. The SMILES string of the molecule is O=C(O)c1cc([N+](=O)[O-])ccc1N1CCCC1CCCO. The zero-order valence-corrected chi connectivity index (χ0v) is 11.6. The molecule has 0 aromatic heterocycles. The van der Waals surface area contributed by atoms with Crippen LogP contribution in [0.3, 0.4) is 0 Å². The van der Waals surface area contributed by atoms with E-state index >= 15 is 0 Å². The third-order valence-electron chi connectivity index (χ3n) is 3.80. The summed E-state index contributed by atoms with van der Waals surface area (Å²) in [4.78, 5) is 23.6. The van der Waals surface area contributed by atoms with Crippen molar-refractivity contribution in [2.24, 2.45) is 0 Å². The van der Waals surface area contributed by atoms with E-state index in [1.54, 1.807) is 0 Å². The second-order valence-electron chi connectivity index (χ2n) is 5.12. The number of carboxylic acid groups (broad SMARTS) is 1. The van der Waals surface area contributed by atoms with Gasteiger partial charge in [0.2, 0.25) is 0 Å². The maximum absolute atomic E-state index is 11.4. The normalized spacial score (nSPS) is 18.0. The standard InChI is InChI=1S/C14H18N2O5/c17-8-2-4-10-3-1-7-15(10)13-6-5-11(16(20)21)9-12(13)14(18)19/h5-6,9-10,17H,1-4,7-8H2,(H,18,19). The molecule has 7 nitrogen and oxygen atoms in total. The van der Waals surface area contributed by atoms with Gasteiger partial charge in [-0.1, -0.05) is 0 Å². The average molecular weight is 294 g/mol.